The number of hydrogen-bond donors (Lipinski definition) is 2. The predicted molar refractivity (Wildman–Crippen MR) is 83.9 cm³/mol. The van der Waals surface area contributed by atoms with E-state index in [1.165, 1.54) is 6.42 Å². The molecule has 2 aromatic heterocycles. The van der Waals surface area contributed by atoms with Crippen molar-refractivity contribution in [2.45, 2.75) is 25.3 Å². The van der Waals surface area contributed by atoms with Crippen LogP contribution in [0.5, 0.6) is 0 Å². The van der Waals surface area contributed by atoms with E-state index >= 15 is 0 Å². The summed E-state index contributed by atoms with van der Waals surface area (Å²) < 4.78 is 2.59. The van der Waals surface area contributed by atoms with E-state index in [2.05, 4.69) is 46.5 Å². The average Bonchev–Trinajstić information content (AvgIpc) is 2.81. The Labute approximate surface area is 130 Å². The summed E-state index contributed by atoms with van der Waals surface area (Å²) in [5.41, 5.74) is 0.640. The Morgan fingerprint density at radius 1 is 1.43 bits per heavy atom. The molecule has 0 amide bonds. The molecular weight excluding hydrogens is 334 g/mol. The summed E-state index contributed by atoms with van der Waals surface area (Å²) >= 11 is 3.36. The largest absolute Gasteiger partial charge is 0.372 e. The molecule has 0 atom stereocenters. The van der Waals surface area contributed by atoms with Crippen LogP contribution in [0.1, 0.15) is 25.3 Å². The maximum atomic E-state index is 7.38. The zero-order valence-electron chi connectivity index (χ0n) is 11.5. The van der Waals surface area contributed by atoms with Gasteiger partial charge in [-0.1, -0.05) is 6.57 Å². The van der Waals surface area contributed by atoms with E-state index in [-0.39, 0.29) is 0 Å². The van der Waals surface area contributed by atoms with E-state index in [1.54, 1.807) is 24.1 Å². The molecule has 21 heavy (non-hydrogen) atoms. The van der Waals surface area contributed by atoms with Crippen molar-refractivity contribution >= 4 is 39.2 Å². The van der Waals surface area contributed by atoms with E-state index < -0.39 is 0 Å². The van der Waals surface area contributed by atoms with Crippen LogP contribution in [0.2, 0.25) is 0 Å². The second kappa shape index (κ2) is 5.69. The summed E-state index contributed by atoms with van der Waals surface area (Å²) in [5, 5.41) is 10.4. The van der Waals surface area contributed by atoms with Crippen LogP contribution in [0.15, 0.2) is 16.9 Å². The van der Waals surface area contributed by atoms with Gasteiger partial charge in [0.1, 0.15) is 11.9 Å². The van der Waals surface area contributed by atoms with E-state index in [0.29, 0.717) is 29.3 Å². The molecule has 0 saturated heterocycles. The van der Waals surface area contributed by atoms with Crippen molar-refractivity contribution in [3.63, 3.8) is 0 Å². The van der Waals surface area contributed by atoms with Crippen LogP contribution in [0, 0.1) is 6.57 Å². The van der Waals surface area contributed by atoms with Gasteiger partial charge in [-0.05, 0) is 35.2 Å². The number of halogens is 1. The Kier molecular flexibility index (Phi) is 3.75. The van der Waals surface area contributed by atoms with Crippen LogP contribution in [0.3, 0.4) is 0 Å². The Bertz CT molecular complexity index is 699. The van der Waals surface area contributed by atoms with Crippen LogP contribution in [0.25, 0.3) is 4.85 Å². The van der Waals surface area contributed by atoms with E-state index in [4.69, 9.17) is 6.57 Å². The smallest absolute Gasteiger partial charge is 0.275 e. The van der Waals surface area contributed by atoms with E-state index in [0.717, 1.165) is 17.3 Å². The van der Waals surface area contributed by atoms with Crippen LogP contribution in [-0.2, 0) is 0 Å². The maximum absolute atomic E-state index is 7.38. The van der Waals surface area contributed by atoms with Crippen LogP contribution in [0.4, 0.5) is 23.3 Å². The Morgan fingerprint density at radius 2 is 2.24 bits per heavy atom. The molecule has 2 N–H and O–H groups in total. The highest BCUT2D eigenvalue weighted by molar-refractivity contribution is 9.10. The first-order valence-corrected chi connectivity index (χ1v) is 7.44. The lowest BCUT2D eigenvalue weighted by atomic mass is 9.93. The maximum Gasteiger partial charge on any atom is 0.275 e. The summed E-state index contributed by atoms with van der Waals surface area (Å²) in [5.74, 6) is 1.63. The molecule has 0 radical (unpaired) electrons. The number of nitrogens with zero attached hydrogens (tertiary/aromatic N) is 5. The van der Waals surface area contributed by atoms with Gasteiger partial charge in [-0.25, -0.2) is 4.98 Å². The number of aromatic nitrogens is 4. The first-order chi connectivity index (χ1) is 10.2. The fraction of sp³-hybridized carbons (Fsp3) is 0.385. The quantitative estimate of drug-likeness (QED) is 0.828. The lowest BCUT2D eigenvalue weighted by molar-refractivity contribution is 0.294. The van der Waals surface area contributed by atoms with Crippen molar-refractivity contribution < 1.29 is 0 Å². The minimum absolute atomic E-state index is 0.350. The molecule has 108 valence electrons. The molecule has 8 heteroatoms. The van der Waals surface area contributed by atoms with Gasteiger partial charge in [0.15, 0.2) is 0 Å². The minimum Gasteiger partial charge on any atom is -0.372 e. The Balaban J connectivity index is 1.88. The van der Waals surface area contributed by atoms with Gasteiger partial charge in [0.2, 0.25) is 5.95 Å². The van der Waals surface area contributed by atoms with Crippen molar-refractivity contribution in [1.29, 1.82) is 0 Å². The van der Waals surface area contributed by atoms with Crippen LogP contribution < -0.4 is 10.6 Å². The molecule has 1 fully saturated rings. The molecule has 1 saturated carbocycles. The fourth-order valence-corrected chi connectivity index (χ4v) is 2.57. The molecule has 2 aromatic rings. The highest BCUT2D eigenvalue weighted by Crippen LogP contribution is 2.38. The standard InChI is InChI=1S/C13H14BrN7/c1-15-11-9(14)6-17-13(20-11)19-10-7-18-21(12(10)16-2)8-4-3-5-8/h6-8H,3-5H2,1H3,(H2,15,17,19,20). The molecule has 0 unspecified atom stereocenters. The fourth-order valence-electron chi connectivity index (χ4n) is 2.18. The van der Waals surface area contributed by atoms with Gasteiger partial charge < -0.3 is 15.5 Å². The molecule has 2 heterocycles. The molecular formula is C13H14BrN7. The van der Waals surface area contributed by atoms with Gasteiger partial charge in [-0.15, -0.1) is 5.10 Å². The molecule has 1 aliphatic carbocycles. The summed E-state index contributed by atoms with van der Waals surface area (Å²) in [6.45, 7) is 7.38. The minimum atomic E-state index is 0.350. The molecule has 3 rings (SSSR count). The number of rotatable bonds is 4. The molecule has 0 spiro atoms. The summed E-state index contributed by atoms with van der Waals surface area (Å²) in [4.78, 5) is 12.1. The zero-order chi connectivity index (χ0) is 14.8. The van der Waals surface area contributed by atoms with Gasteiger partial charge in [0.25, 0.3) is 5.82 Å². The third-order valence-corrected chi connectivity index (χ3v) is 4.10. The average molecular weight is 348 g/mol. The second-order valence-electron chi connectivity index (χ2n) is 4.79. The highest BCUT2D eigenvalue weighted by Gasteiger charge is 2.27. The third kappa shape index (κ3) is 2.56. The molecule has 0 aliphatic heterocycles. The Hall–Kier alpha value is -2.14. The molecule has 7 nitrogen and oxygen atoms in total. The topological polar surface area (TPSA) is 72.0 Å². The summed E-state index contributed by atoms with van der Waals surface area (Å²) in [6, 6.07) is 0.350. The van der Waals surface area contributed by atoms with Crippen molar-refractivity contribution in [3.05, 3.63) is 28.3 Å². The van der Waals surface area contributed by atoms with Gasteiger partial charge in [-0.2, -0.15) is 9.67 Å². The molecule has 0 bridgehead atoms. The van der Waals surface area contributed by atoms with E-state index in [9.17, 15) is 0 Å². The van der Waals surface area contributed by atoms with Gasteiger partial charge in [-0.3, -0.25) is 0 Å². The van der Waals surface area contributed by atoms with Crippen molar-refractivity contribution in [2.75, 3.05) is 17.7 Å². The van der Waals surface area contributed by atoms with Crippen molar-refractivity contribution in [1.82, 2.24) is 19.7 Å². The second-order valence-corrected chi connectivity index (χ2v) is 5.64. The molecule has 0 aromatic carbocycles. The lowest BCUT2D eigenvalue weighted by Crippen LogP contribution is -2.17. The third-order valence-electron chi connectivity index (χ3n) is 3.52. The van der Waals surface area contributed by atoms with E-state index in [1.807, 2.05) is 0 Å². The summed E-state index contributed by atoms with van der Waals surface area (Å²) in [6.07, 6.45) is 6.70. The number of hydrogen-bond acceptors (Lipinski definition) is 5. The van der Waals surface area contributed by atoms with Crippen molar-refractivity contribution in [2.24, 2.45) is 0 Å². The van der Waals surface area contributed by atoms with Gasteiger partial charge in [0, 0.05) is 13.2 Å². The number of anilines is 3. The van der Waals surface area contributed by atoms with Crippen molar-refractivity contribution in [3.8, 4) is 0 Å². The number of nitrogens with one attached hydrogen (secondary N) is 2. The van der Waals surface area contributed by atoms with Crippen LogP contribution >= 0.6 is 15.9 Å². The monoisotopic (exact) mass is 347 g/mol. The first-order valence-electron chi connectivity index (χ1n) is 6.65. The predicted octanol–water partition coefficient (Wildman–Crippen LogP) is 3.50. The van der Waals surface area contributed by atoms with Gasteiger partial charge in [0.05, 0.1) is 16.4 Å². The molecule has 1 aliphatic rings. The Morgan fingerprint density at radius 3 is 2.86 bits per heavy atom. The van der Waals surface area contributed by atoms with Gasteiger partial charge >= 0.3 is 0 Å². The lowest BCUT2D eigenvalue weighted by Gasteiger charge is -2.23. The first kappa shape index (κ1) is 13.8. The zero-order valence-corrected chi connectivity index (χ0v) is 13.1. The SMILES string of the molecule is [C-]#[N+]c1c(Nc2ncc(Br)c(NC)n2)cnn1C1CCC1. The normalized spacial score (nSPS) is 14.3. The summed E-state index contributed by atoms with van der Waals surface area (Å²) in [7, 11) is 1.79. The highest BCUT2D eigenvalue weighted by atomic mass is 79.9. The van der Waals surface area contributed by atoms with Crippen LogP contribution in [-0.4, -0.2) is 26.8 Å².